The van der Waals surface area contributed by atoms with E-state index in [2.05, 4.69) is 30.3 Å². The zero-order valence-corrected chi connectivity index (χ0v) is 14.2. The lowest BCUT2D eigenvalue weighted by Crippen LogP contribution is -2.15. The Morgan fingerprint density at radius 3 is 2.73 bits per heavy atom. The second-order valence-electron chi connectivity index (χ2n) is 6.25. The van der Waals surface area contributed by atoms with Gasteiger partial charge in [-0.3, -0.25) is 9.48 Å². The Morgan fingerprint density at radius 1 is 1.36 bits per heavy atom. The van der Waals surface area contributed by atoms with Crippen molar-refractivity contribution in [3.8, 4) is 0 Å². The summed E-state index contributed by atoms with van der Waals surface area (Å²) in [6.45, 7) is 4.44. The molecule has 1 aromatic heterocycles. The number of hydrogen-bond acceptors (Lipinski definition) is 2. The predicted octanol–water partition coefficient (Wildman–Crippen LogP) is 4.20. The summed E-state index contributed by atoms with van der Waals surface area (Å²) in [5.41, 5.74) is 3.65. The number of rotatable bonds is 2. The molecule has 1 heterocycles. The fraction of sp³-hybridized carbons (Fsp3) is 0.375. The highest BCUT2D eigenvalue weighted by Crippen LogP contribution is 2.41. The number of aromatic nitrogens is 2. The highest BCUT2D eigenvalue weighted by atomic mass is 35.5. The van der Waals surface area contributed by atoms with Crippen molar-refractivity contribution in [1.82, 2.24) is 9.78 Å². The summed E-state index contributed by atoms with van der Waals surface area (Å²) < 4.78 is 1.39. The van der Waals surface area contributed by atoms with Gasteiger partial charge in [0.2, 0.25) is 0 Å². The zero-order chi connectivity index (χ0) is 16.1. The molecule has 0 aliphatic heterocycles. The van der Waals surface area contributed by atoms with Crippen LogP contribution in [0.1, 0.15) is 41.8 Å². The summed E-state index contributed by atoms with van der Waals surface area (Å²) >= 11 is 12.1. The van der Waals surface area contributed by atoms with Crippen LogP contribution in [0.3, 0.4) is 0 Å². The van der Waals surface area contributed by atoms with Crippen LogP contribution in [0.5, 0.6) is 0 Å². The van der Waals surface area contributed by atoms with Crippen molar-refractivity contribution < 1.29 is 4.79 Å². The first-order chi connectivity index (χ1) is 10.3. The first-order valence-corrected chi connectivity index (χ1v) is 7.88. The second-order valence-corrected chi connectivity index (χ2v) is 6.97. The number of hydrogen-bond donors (Lipinski definition) is 1. The maximum Gasteiger partial charge on any atom is 0.262 e. The number of fused-ring (bicyclic) bond motifs is 1. The van der Waals surface area contributed by atoms with Gasteiger partial charge in [-0.2, -0.15) is 5.10 Å². The van der Waals surface area contributed by atoms with Crippen LogP contribution in [-0.4, -0.2) is 15.7 Å². The Balaban J connectivity index is 1.95. The van der Waals surface area contributed by atoms with Crippen molar-refractivity contribution in [3.63, 3.8) is 0 Å². The van der Waals surface area contributed by atoms with Crippen molar-refractivity contribution in [2.75, 3.05) is 5.32 Å². The van der Waals surface area contributed by atoms with Crippen molar-refractivity contribution >= 4 is 34.8 Å². The van der Waals surface area contributed by atoms with Gasteiger partial charge in [-0.15, -0.1) is 0 Å². The average Bonchev–Trinajstić information content (AvgIpc) is 2.88. The maximum absolute atomic E-state index is 12.5. The van der Waals surface area contributed by atoms with Gasteiger partial charge in [-0.05, 0) is 35.4 Å². The number of nitrogens with one attached hydrogen (secondary N) is 1. The van der Waals surface area contributed by atoms with Gasteiger partial charge in [0.25, 0.3) is 5.91 Å². The zero-order valence-electron chi connectivity index (χ0n) is 12.7. The average molecular weight is 338 g/mol. The summed E-state index contributed by atoms with van der Waals surface area (Å²) in [6, 6.07) is 6.01. The topological polar surface area (TPSA) is 46.9 Å². The fourth-order valence-electron chi connectivity index (χ4n) is 3.02. The molecule has 0 saturated carbocycles. The molecule has 2 aromatic rings. The second kappa shape index (κ2) is 5.28. The van der Waals surface area contributed by atoms with Gasteiger partial charge in [0.05, 0.1) is 0 Å². The van der Waals surface area contributed by atoms with Crippen molar-refractivity contribution in [3.05, 3.63) is 45.2 Å². The van der Waals surface area contributed by atoms with Crippen molar-refractivity contribution in [1.29, 1.82) is 0 Å². The third-order valence-corrected chi connectivity index (χ3v) is 5.01. The largest absolute Gasteiger partial charge is 0.322 e. The molecule has 0 atom stereocenters. The minimum absolute atomic E-state index is 0.109. The Kier molecular flexibility index (Phi) is 3.69. The SMILES string of the molecule is Cn1nc(Cl)c(C(=O)Nc2cccc3c2CCC3(C)C)c1Cl. The molecular weight excluding hydrogens is 321 g/mol. The first-order valence-electron chi connectivity index (χ1n) is 7.13. The summed E-state index contributed by atoms with van der Waals surface area (Å²) in [7, 11) is 1.65. The van der Waals surface area contributed by atoms with Gasteiger partial charge < -0.3 is 5.32 Å². The molecule has 1 aliphatic carbocycles. The molecule has 22 heavy (non-hydrogen) atoms. The molecule has 1 amide bonds. The highest BCUT2D eigenvalue weighted by molar-refractivity contribution is 6.39. The quantitative estimate of drug-likeness (QED) is 0.892. The molecule has 6 heteroatoms. The molecule has 0 unspecified atom stereocenters. The summed E-state index contributed by atoms with van der Waals surface area (Å²) in [4.78, 5) is 12.5. The Bertz CT molecular complexity index is 765. The van der Waals surface area contributed by atoms with Crippen molar-refractivity contribution in [2.45, 2.75) is 32.1 Å². The van der Waals surface area contributed by atoms with E-state index in [1.54, 1.807) is 7.05 Å². The van der Waals surface area contributed by atoms with Crippen LogP contribution in [0.2, 0.25) is 10.3 Å². The normalized spacial score (nSPS) is 15.7. The molecule has 1 N–H and O–H groups in total. The Morgan fingerprint density at radius 2 is 2.09 bits per heavy atom. The standard InChI is InChI=1S/C16H17Cl2N3O/c1-16(2)8-7-9-10(16)5-4-6-11(9)19-15(22)12-13(17)20-21(3)14(12)18/h4-6H,7-8H2,1-3H3,(H,19,22). The van der Waals surface area contributed by atoms with E-state index in [9.17, 15) is 4.79 Å². The third-order valence-electron chi connectivity index (χ3n) is 4.31. The molecule has 116 valence electrons. The van der Waals surface area contributed by atoms with Gasteiger partial charge >= 0.3 is 0 Å². The maximum atomic E-state index is 12.5. The van der Waals surface area contributed by atoms with Gasteiger partial charge in [-0.25, -0.2) is 0 Å². The van der Waals surface area contributed by atoms with E-state index in [-0.39, 0.29) is 27.2 Å². The number of carbonyl (C=O) groups excluding carboxylic acids is 1. The van der Waals surface area contributed by atoms with E-state index in [1.165, 1.54) is 15.8 Å². The monoisotopic (exact) mass is 337 g/mol. The van der Waals surface area contributed by atoms with Gasteiger partial charge in [0, 0.05) is 12.7 Å². The fourth-order valence-corrected chi connectivity index (χ4v) is 3.57. The first kappa shape index (κ1) is 15.4. The van der Waals surface area contributed by atoms with Crippen LogP contribution in [0.4, 0.5) is 5.69 Å². The van der Waals surface area contributed by atoms with Crippen LogP contribution in [0, 0.1) is 0 Å². The minimum atomic E-state index is -0.332. The lowest BCUT2D eigenvalue weighted by molar-refractivity contribution is 0.102. The van der Waals surface area contributed by atoms with E-state index in [0.717, 1.165) is 18.5 Å². The third kappa shape index (κ3) is 2.40. The van der Waals surface area contributed by atoms with Crippen molar-refractivity contribution in [2.24, 2.45) is 7.05 Å². The highest BCUT2D eigenvalue weighted by Gasteiger charge is 2.31. The van der Waals surface area contributed by atoms with Crippen LogP contribution >= 0.6 is 23.2 Å². The van der Waals surface area contributed by atoms with Gasteiger partial charge in [0.1, 0.15) is 10.7 Å². The van der Waals surface area contributed by atoms with E-state index in [1.807, 2.05) is 12.1 Å². The number of amides is 1. The number of carbonyl (C=O) groups is 1. The summed E-state index contributed by atoms with van der Waals surface area (Å²) in [5.74, 6) is -0.332. The molecule has 0 bridgehead atoms. The van der Waals surface area contributed by atoms with Crippen LogP contribution < -0.4 is 5.32 Å². The molecular formula is C16H17Cl2N3O. The smallest absolute Gasteiger partial charge is 0.262 e. The number of halogens is 2. The predicted molar refractivity (Wildman–Crippen MR) is 89.0 cm³/mol. The number of aryl methyl sites for hydroxylation is 1. The molecule has 0 radical (unpaired) electrons. The number of nitrogens with zero attached hydrogens (tertiary/aromatic N) is 2. The van der Waals surface area contributed by atoms with Crippen LogP contribution in [0.25, 0.3) is 0 Å². The molecule has 0 saturated heterocycles. The summed E-state index contributed by atoms with van der Waals surface area (Å²) in [5, 5.41) is 7.23. The van der Waals surface area contributed by atoms with Gasteiger partial charge in [-0.1, -0.05) is 49.2 Å². The molecule has 0 spiro atoms. The molecule has 3 rings (SSSR count). The molecule has 0 fully saturated rings. The lowest BCUT2D eigenvalue weighted by Gasteiger charge is -2.19. The lowest BCUT2D eigenvalue weighted by atomic mass is 9.86. The molecule has 1 aliphatic rings. The minimum Gasteiger partial charge on any atom is -0.322 e. The molecule has 4 nitrogen and oxygen atoms in total. The number of benzene rings is 1. The molecule has 1 aromatic carbocycles. The van der Waals surface area contributed by atoms with E-state index in [4.69, 9.17) is 23.2 Å². The van der Waals surface area contributed by atoms with E-state index in [0.29, 0.717) is 0 Å². The van der Waals surface area contributed by atoms with Gasteiger partial charge in [0.15, 0.2) is 5.15 Å². The Hall–Kier alpha value is -1.52. The number of anilines is 1. The van der Waals surface area contributed by atoms with Crippen LogP contribution in [0.15, 0.2) is 18.2 Å². The van der Waals surface area contributed by atoms with Crippen LogP contribution in [-0.2, 0) is 18.9 Å². The van der Waals surface area contributed by atoms with E-state index >= 15 is 0 Å². The summed E-state index contributed by atoms with van der Waals surface area (Å²) in [6.07, 6.45) is 2.02. The Labute approximate surface area is 139 Å². The van der Waals surface area contributed by atoms with E-state index < -0.39 is 0 Å².